The summed E-state index contributed by atoms with van der Waals surface area (Å²) in [6.07, 6.45) is -4.36. The maximum absolute atomic E-state index is 12.7. The van der Waals surface area contributed by atoms with E-state index in [-0.39, 0.29) is 18.6 Å². The van der Waals surface area contributed by atoms with Crippen molar-refractivity contribution in [1.82, 2.24) is 10.3 Å². The molecule has 1 N–H and O–H groups in total. The van der Waals surface area contributed by atoms with E-state index < -0.39 is 11.7 Å². The van der Waals surface area contributed by atoms with Crippen LogP contribution in [0.2, 0.25) is 0 Å². The van der Waals surface area contributed by atoms with Crippen LogP contribution in [0.3, 0.4) is 0 Å². The summed E-state index contributed by atoms with van der Waals surface area (Å²) in [7, 11) is 0. The number of carbonyl (C=O) groups is 1. The predicted octanol–water partition coefficient (Wildman–Crippen LogP) is 5.55. The van der Waals surface area contributed by atoms with E-state index in [9.17, 15) is 18.0 Å². The molecular weight excluding hydrogens is 401 g/mol. The average molecular weight is 420 g/mol. The Bertz CT molecular complexity index is 982. The van der Waals surface area contributed by atoms with Crippen LogP contribution >= 0.6 is 11.3 Å². The summed E-state index contributed by atoms with van der Waals surface area (Å²) in [5.41, 5.74) is 0.963. The largest absolute Gasteiger partial charge is 0.488 e. The molecule has 152 valence electrons. The van der Waals surface area contributed by atoms with E-state index in [0.29, 0.717) is 27.6 Å². The Balaban J connectivity index is 1.74. The lowest BCUT2D eigenvalue weighted by Gasteiger charge is -2.11. The molecule has 8 heteroatoms. The standard InChI is InChI=1S/C21H19F3N2O2S/c1-13(2)25-19(27)17-12-29-20(26-17)16-5-3-4-6-18(16)28-11-14-7-9-15(10-8-14)21(22,23)24/h3-10,12-13H,11H2,1-2H3,(H,25,27). The van der Waals surface area contributed by atoms with Crippen molar-refractivity contribution in [2.24, 2.45) is 0 Å². The number of benzene rings is 2. The fourth-order valence-corrected chi connectivity index (χ4v) is 3.39. The summed E-state index contributed by atoms with van der Waals surface area (Å²) >= 11 is 1.32. The first kappa shape index (κ1) is 20.9. The molecule has 0 aliphatic heterocycles. The number of nitrogens with zero attached hydrogens (tertiary/aromatic N) is 1. The van der Waals surface area contributed by atoms with Crippen molar-refractivity contribution >= 4 is 17.2 Å². The molecule has 0 spiro atoms. The van der Waals surface area contributed by atoms with Gasteiger partial charge in [-0.3, -0.25) is 4.79 Å². The van der Waals surface area contributed by atoms with Gasteiger partial charge in [0.1, 0.15) is 23.1 Å². The maximum Gasteiger partial charge on any atom is 0.416 e. The van der Waals surface area contributed by atoms with Gasteiger partial charge in [-0.1, -0.05) is 24.3 Å². The first-order chi connectivity index (χ1) is 13.7. The number of halogens is 3. The highest BCUT2D eigenvalue weighted by atomic mass is 32.1. The minimum Gasteiger partial charge on any atom is -0.488 e. The van der Waals surface area contributed by atoms with Crippen LogP contribution in [0.15, 0.2) is 53.9 Å². The highest BCUT2D eigenvalue weighted by Gasteiger charge is 2.29. The van der Waals surface area contributed by atoms with Crippen LogP contribution < -0.4 is 10.1 Å². The number of carbonyl (C=O) groups excluding carboxylic acids is 1. The molecule has 0 saturated heterocycles. The molecule has 29 heavy (non-hydrogen) atoms. The van der Waals surface area contributed by atoms with Crippen molar-refractivity contribution in [1.29, 1.82) is 0 Å². The zero-order valence-electron chi connectivity index (χ0n) is 15.8. The molecule has 0 fully saturated rings. The van der Waals surface area contributed by atoms with Crippen molar-refractivity contribution in [3.63, 3.8) is 0 Å². The normalized spacial score (nSPS) is 11.5. The molecule has 1 amide bonds. The van der Waals surface area contributed by atoms with Gasteiger partial charge in [0.25, 0.3) is 5.91 Å². The van der Waals surface area contributed by atoms with E-state index in [0.717, 1.165) is 12.1 Å². The molecule has 0 aliphatic carbocycles. The van der Waals surface area contributed by atoms with Crippen molar-refractivity contribution in [3.05, 3.63) is 70.7 Å². The Morgan fingerprint density at radius 1 is 1.14 bits per heavy atom. The Labute approximate surface area is 170 Å². The van der Waals surface area contributed by atoms with E-state index in [4.69, 9.17) is 4.74 Å². The van der Waals surface area contributed by atoms with Gasteiger partial charge >= 0.3 is 6.18 Å². The van der Waals surface area contributed by atoms with Crippen molar-refractivity contribution in [3.8, 4) is 16.3 Å². The van der Waals surface area contributed by atoms with Gasteiger partial charge in [0.15, 0.2) is 0 Å². The molecule has 0 unspecified atom stereocenters. The predicted molar refractivity (Wildman–Crippen MR) is 106 cm³/mol. The third-order valence-corrected chi connectivity index (χ3v) is 4.83. The van der Waals surface area contributed by atoms with Gasteiger partial charge in [0, 0.05) is 11.4 Å². The Kier molecular flexibility index (Phi) is 6.22. The molecule has 1 heterocycles. The second-order valence-electron chi connectivity index (χ2n) is 6.65. The van der Waals surface area contributed by atoms with Crippen molar-refractivity contribution in [2.75, 3.05) is 0 Å². The highest BCUT2D eigenvalue weighted by molar-refractivity contribution is 7.13. The molecule has 4 nitrogen and oxygen atoms in total. The third kappa shape index (κ3) is 5.35. The average Bonchev–Trinajstić information content (AvgIpc) is 3.16. The Hall–Kier alpha value is -2.87. The lowest BCUT2D eigenvalue weighted by molar-refractivity contribution is -0.137. The summed E-state index contributed by atoms with van der Waals surface area (Å²) in [4.78, 5) is 16.5. The molecular formula is C21H19F3N2O2S. The molecule has 0 aliphatic rings. The van der Waals surface area contributed by atoms with Crippen molar-refractivity contribution < 1.29 is 22.7 Å². The third-order valence-electron chi connectivity index (χ3n) is 3.95. The van der Waals surface area contributed by atoms with E-state index in [2.05, 4.69) is 10.3 Å². The number of aromatic nitrogens is 1. The number of thiazole rings is 1. The molecule has 1 aromatic heterocycles. The fourth-order valence-electron chi connectivity index (χ4n) is 2.56. The van der Waals surface area contributed by atoms with Gasteiger partial charge in [-0.25, -0.2) is 4.98 Å². The second-order valence-corrected chi connectivity index (χ2v) is 7.50. The zero-order valence-corrected chi connectivity index (χ0v) is 16.6. The number of rotatable bonds is 6. The molecule has 2 aromatic carbocycles. The summed E-state index contributed by atoms with van der Waals surface area (Å²) in [6, 6.07) is 12.1. The molecule has 0 saturated carbocycles. The fraction of sp³-hybridized carbons (Fsp3) is 0.238. The summed E-state index contributed by atoms with van der Waals surface area (Å²) in [5, 5.41) is 5.10. The highest BCUT2D eigenvalue weighted by Crippen LogP contribution is 2.33. The lowest BCUT2D eigenvalue weighted by atomic mass is 10.1. The number of alkyl halides is 3. The van der Waals surface area contributed by atoms with Gasteiger partial charge in [0.05, 0.1) is 11.1 Å². The van der Waals surface area contributed by atoms with Crippen LogP contribution in [-0.2, 0) is 12.8 Å². The Morgan fingerprint density at radius 2 is 1.83 bits per heavy atom. The summed E-state index contributed by atoms with van der Waals surface area (Å²) in [5.74, 6) is 0.295. The van der Waals surface area contributed by atoms with Crippen LogP contribution in [0.4, 0.5) is 13.2 Å². The lowest BCUT2D eigenvalue weighted by Crippen LogP contribution is -2.30. The van der Waals surface area contributed by atoms with Gasteiger partial charge < -0.3 is 10.1 Å². The van der Waals surface area contributed by atoms with E-state index >= 15 is 0 Å². The molecule has 3 aromatic rings. The number of amides is 1. The molecule has 3 rings (SSSR count). The topological polar surface area (TPSA) is 51.2 Å². The summed E-state index contributed by atoms with van der Waals surface area (Å²) < 4.78 is 43.8. The SMILES string of the molecule is CC(C)NC(=O)c1csc(-c2ccccc2OCc2ccc(C(F)(F)F)cc2)n1. The van der Waals surface area contributed by atoms with E-state index in [1.807, 2.05) is 26.0 Å². The van der Waals surface area contributed by atoms with Gasteiger partial charge in [-0.2, -0.15) is 13.2 Å². The van der Waals surface area contributed by atoms with Crippen LogP contribution in [0, 0.1) is 0 Å². The molecule has 0 radical (unpaired) electrons. The molecule has 0 bridgehead atoms. The Morgan fingerprint density at radius 3 is 2.48 bits per heavy atom. The number of nitrogens with one attached hydrogen (secondary N) is 1. The number of hydrogen-bond donors (Lipinski definition) is 1. The maximum atomic E-state index is 12.7. The van der Waals surface area contributed by atoms with Crippen LogP contribution in [0.25, 0.3) is 10.6 Å². The zero-order chi connectivity index (χ0) is 21.0. The van der Waals surface area contributed by atoms with Crippen LogP contribution in [0.5, 0.6) is 5.75 Å². The summed E-state index contributed by atoms with van der Waals surface area (Å²) in [6.45, 7) is 3.85. The first-order valence-corrected chi connectivity index (χ1v) is 9.76. The first-order valence-electron chi connectivity index (χ1n) is 8.89. The number of ether oxygens (including phenoxy) is 1. The van der Waals surface area contributed by atoms with Gasteiger partial charge in [0.2, 0.25) is 0 Å². The second kappa shape index (κ2) is 8.65. The van der Waals surface area contributed by atoms with Gasteiger partial charge in [-0.15, -0.1) is 11.3 Å². The van der Waals surface area contributed by atoms with Crippen LogP contribution in [-0.4, -0.2) is 16.9 Å². The van der Waals surface area contributed by atoms with Crippen molar-refractivity contribution in [2.45, 2.75) is 32.7 Å². The van der Waals surface area contributed by atoms with E-state index in [1.54, 1.807) is 17.5 Å². The minimum atomic E-state index is -4.36. The number of hydrogen-bond acceptors (Lipinski definition) is 4. The quantitative estimate of drug-likeness (QED) is 0.569. The molecule has 0 atom stereocenters. The van der Waals surface area contributed by atoms with Gasteiger partial charge in [-0.05, 0) is 43.7 Å². The minimum absolute atomic E-state index is 0.00648. The van der Waals surface area contributed by atoms with E-state index in [1.165, 1.54) is 23.5 Å². The van der Waals surface area contributed by atoms with Crippen LogP contribution in [0.1, 0.15) is 35.5 Å². The number of para-hydroxylation sites is 1. The smallest absolute Gasteiger partial charge is 0.416 e. The monoisotopic (exact) mass is 420 g/mol.